The molecule has 2 aromatic rings. The topological polar surface area (TPSA) is 77.4 Å². The highest BCUT2D eigenvalue weighted by atomic mass is 16.5. The van der Waals surface area contributed by atoms with Crippen molar-refractivity contribution in [3.8, 4) is 11.8 Å². The van der Waals surface area contributed by atoms with Crippen LogP contribution in [0.3, 0.4) is 0 Å². The van der Waals surface area contributed by atoms with Gasteiger partial charge in [0.05, 0.1) is 6.61 Å². The van der Waals surface area contributed by atoms with Crippen molar-refractivity contribution in [3.05, 3.63) is 60.3 Å². The van der Waals surface area contributed by atoms with Crippen LogP contribution in [0.15, 0.2) is 60.3 Å². The van der Waals surface area contributed by atoms with Crippen molar-refractivity contribution in [2.45, 2.75) is 6.92 Å². The highest BCUT2D eigenvalue weighted by molar-refractivity contribution is 6.06. The first kappa shape index (κ1) is 18.9. The molecule has 0 aromatic heterocycles. The Balaban J connectivity index is 2.01. The molecule has 0 aliphatic rings. The standard InChI is InChI=1S/C20H22N4O2/c1-4-26-19-11-7-17(8-12-19)23-20(25)15(13-21)14-22-16-5-9-18(10-6-16)24(2)3/h5-12,14,22H,4H2,1-3H3,(H,23,25)/b15-14-. The van der Waals surface area contributed by atoms with Crippen molar-refractivity contribution < 1.29 is 9.53 Å². The molecular formula is C20H22N4O2. The van der Waals surface area contributed by atoms with Crippen molar-refractivity contribution in [2.24, 2.45) is 0 Å². The van der Waals surface area contributed by atoms with Crippen LogP contribution in [-0.2, 0) is 4.79 Å². The van der Waals surface area contributed by atoms with Crippen LogP contribution in [0.2, 0.25) is 0 Å². The lowest BCUT2D eigenvalue weighted by molar-refractivity contribution is -0.112. The number of nitrogens with one attached hydrogen (secondary N) is 2. The highest BCUT2D eigenvalue weighted by Gasteiger charge is 2.09. The van der Waals surface area contributed by atoms with Gasteiger partial charge < -0.3 is 20.3 Å². The van der Waals surface area contributed by atoms with Gasteiger partial charge in [0, 0.05) is 37.4 Å². The number of anilines is 3. The normalized spacial score (nSPS) is 10.6. The summed E-state index contributed by atoms with van der Waals surface area (Å²) in [6, 6.07) is 16.5. The largest absolute Gasteiger partial charge is 0.494 e. The quantitative estimate of drug-likeness (QED) is 0.589. The van der Waals surface area contributed by atoms with Gasteiger partial charge in [-0.1, -0.05) is 0 Å². The zero-order valence-corrected chi connectivity index (χ0v) is 15.1. The second-order valence-electron chi connectivity index (χ2n) is 5.67. The lowest BCUT2D eigenvalue weighted by Crippen LogP contribution is -2.14. The number of hydrogen-bond acceptors (Lipinski definition) is 5. The van der Waals surface area contributed by atoms with E-state index in [0.717, 1.165) is 17.1 Å². The predicted molar refractivity (Wildman–Crippen MR) is 104 cm³/mol. The van der Waals surface area contributed by atoms with Crippen molar-refractivity contribution in [3.63, 3.8) is 0 Å². The molecule has 26 heavy (non-hydrogen) atoms. The number of amides is 1. The van der Waals surface area contributed by atoms with Crippen LogP contribution in [0.1, 0.15) is 6.92 Å². The van der Waals surface area contributed by atoms with Crippen molar-refractivity contribution >= 4 is 23.0 Å². The van der Waals surface area contributed by atoms with Gasteiger partial charge in [0.15, 0.2) is 0 Å². The second-order valence-corrected chi connectivity index (χ2v) is 5.67. The Labute approximate surface area is 153 Å². The Morgan fingerprint density at radius 3 is 2.27 bits per heavy atom. The van der Waals surface area contributed by atoms with Crippen molar-refractivity contribution in [1.82, 2.24) is 0 Å². The molecule has 0 saturated heterocycles. The van der Waals surface area contributed by atoms with Crippen LogP contribution in [0.5, 0.6) is 5.75 Å². The number of nitriles is 1. The summed E-state index contributed by atoms with van der Waals surface area (Å²) in [5, 5.41) is 14.9. The van der Waals surface area contributed by atoms with Gasteiger partial charge >= 0.3 is 0 Å². The third kappa shape index (κ3) is 5.28. The van der Waals surface area contributed by atoms with E-state index in [2.05, 4.69) is 10.6 Å². The number of carbonyl (C=O) groups is 1. The van der Waals surface area contributed by atoms with Crippen LogP contribution < -0.4 is 20.3 Å². The lowest BCUT2D eigenvalue weighted by atomic mass is 10.2. The Morgan fingerprint density at radius 2 is 1.73 bits per heavy atom. The molecule has 0 fully saturated rings. The maximum Gasteiger partial charge on any atom is 0.267 e. The molecule has 6 heteroatoms. The molecule has 0 unspecified atom stereocenters. The van der Waals surface area contributed by atoms with Crippen LogP contribution in [0.25, 0.3) is 0 Å². The van der Waals surface area contributed by atoms with Crippen molar-refractivity contribution in [1.29, 1.82) is 5.26 Å². The lowest BCUT2D eigenvalue weighted by Gasteiger charge is -2.12. The van der Waals surface area contributed by atoms with E-state index in [-0.39, 0.29) is 5.57 Å². The molecule has 0 saturated carbocycles. The molecule has 2 N–H and O–H groups in total. The Hall–Kier alpha value is -3.46. The van der Waals surface area contributed by atoms with Gasteiger partial charge in [0.25, 0.3) is 5.91 Å². The molecule has 0 radical (unpaired) electrons. The number of nitrogens with zero attached hydrogens (tertiary/aromatic N) is 2. The molecule has 0 atom stereocenters. The maximum atomic E-state index is 12.2. The van der Waals surface area contributed by atoms with E-state index in [0.29, 0.717) is 12.3 Å². The third-order valence-electron chi connectivity index (χ3n) is 3.56. The van der Waals surface area contributed by atoms with Gasteiger partial charge in [-0.05, 0) is 55.5 Å². The fraction of sp³-hybridized carbons (Fsp3) is 0.200. The van der Waals surface area contributed by atoms with Crippen molar-refractivity contribution in [2.75, 3.05) is 36.2 Å². The average Bonchev–Trinajstić information content (AvgIpc) is 2.64. The first-order chi connectivity index (χ1) is 12.5. The van der Waals surface area contributed by atoms with E-state index in [4.69, 9.17) is 4.74 Å². The fourth-order valence-electron chi connectivity index (χ4n) is 2.16. The minimum atomic E-state index is -0.478. The summed E-state index contributed by atoms with van der Waals surface area (Å²) in [4.78, 5) is 14.2. The van der Waals surface area contributed by atoms with Gasteiger partial charge in [-0.15, -0.1) is 0 Å². The highest BCUT2D eigenvalue weighted by Crippen LogP contribution is 2.17. The molecular weight excluding hydrogens is 328 g/mol. The van der Waals surface area contributed by atoms with E-state index < -0.39 is 5.91 Å². The summed E-state index contributed by atoms with van der Waals surface area (Å²) >= 11 is 0. The molecule has 0 bridgehead atoms. The summed E-state index contributed by atoms with van der Waals surface area (Å²) in [5.74, 6) is 0.249. The maximum absolute atomic E-state index is 12.2. The summed E-state index contributed by atoms with van der Waals surface area (Å²) in [5.41, 5.74) is 2.43. The Bertz CT molecular complexity index is 803. The first-order valence-electron chi connectivity index (χ1n) is 8.22. The number of carbonyl (C=O) groups excluding carboxylic acids is 1. The molecule has 6 nitrogen and oxygen atoms in total. The zero-order chi connectivity index (χ0) is 18.9. The number of ether oxygens (including phenoxy) is 1. The molecule has 2 rings (SSSR count). The predicted octanol–water partition coefficient (Wildman–Crippen LogP) is 3.61. The summed E-state index contributed by atoms with van der Waals surface area (Å²) in [6.07, 6.45) is 1.40. The Morgan fingerprint density at radius 1 is 1.12 bits per heavy atom. The monoisotopic (exact) mass is 350 g/mol. The van der Waals surface area contributed by atoms with E-state index in [9.17, 15) is 10.1 Å². The van der Waals surface area contributed by atoms with E-state index in [1.165, 1.54) is 6.20 Å². The SMILES string of the molecule is CCOc1ccc(NC(=O)/C(C#N)=C\Nc2ccc(N(C)C)cc2)cc1. The minimum absolute atomic E-state index is 0.0180. The van der Waals surface area contributed by atoms with Crippen LogP contribution in [0, 0.1) is 11.3 Å². The van der Waals surface area contributed by atoms with Crippen LogP contribution in [0.4, 0.5) is 17.1 Å². The van der Waals surface area contributed by atoms with Gasteiger partial charge in [-0.3, -0.25) is 4.79 Å². The summed E-state index contributed by atoms with van der Waals surface area (Å²) < 4.78 is 5.36. The molecule has 0 aliphatic heterocycles. The molecule has 1 amide bonds. The second kappa shape index (κ2) is 9.14. The first-order valence-corrected chi connectivity index (χ1v) is 8.22. The minimum Gasteiger partial charge on any atom is -0.494 e. The van der Waals surface area contributed by atoms with Gasteiger partial charge in [-0.25, -0.2) is 0 Å². The van der Waals surface area contributed by atoms with E-state index in [1.54, 1.807) is 24.3 Å². The molecule has 0 heterocycles. The van der Waals surface area contributed by atoms with E-state index in [1.807, 2.05) is 56.3 Å². The van der Waals surface area contributed by atoms with Gasteiger partial charge in [0.2, 0.25) is 0 Å². The summed E-state index contributed by atoms with van der Waals surface area (Å²) in [6.45, 7) is 2.48. The molecule has 134 valence electrons. The number of benzene rings is 2. The number of hydrogen-bond donors (Lipinski definition) is 2. The van der Waals surface area contributed by atoms with Gasteiger partial charge in [-0.2, -0.15) is 5.26 Å². The molecule has 2 aromatic carbocycles. The number of rotatable bonds is 7. The smallest absolute Gasteiger partial charge is 0.267 e. The van der Waals surface area contributed by atoms with Crippen LogP contribution in [-0.4, -0.2) is 26.6 Å². The fourth-order valence-corrected chi connectivity index (χ4v) is 2.16. The third-order valence-corrected chi connectivity index (χ3v) is 3.56. The molecule has 0 aliphatic carbocycles. The van der Waals surface area contributed by atoms with E-state index >= 15 is 0 Å². The average molecular weight is 350 g/mol. The van der Waals surface area contributed by atoms with Crippen LogP contribution >= 0.6 is 0 Å². The molecule has 0 spiro atoms. The zero-order valence-electron chi connectivity index (χ0n) is 15.1. The summed E-state index contributed by atoms with van der Waals surface area (Å²) in [7, 11) is 3.92. The van der Waals surface area contributed by atoms with Gasteiger partial charge in [0.1, 0.15) is 17.4 Å². The Kier molecular flexibility index (Phi) is 6.63.